The Hall–Kier alpha value is -3.32. The van der Waals surface area contributed by atoms with Crippen LogP contribution in [-0.2, 0) is 6.42 Å². The molecule has 0 radical (unpaired) electrons. The third-order valence-corrected chi connectivity index (χ3v) is 5.31. The molecule has 27 heavy (non-hydrogen) atoms. The molecule has 0 spiro atoms. The highest BCUT2D eigenvalue weighted by molar-refractivity contribution is 5.93. The quantitative estimate of drug-likeness (QED) is 0.338. The van der Waals surface area contributed by atoms with Gasteiger partial charge in [0.25, 0.3) is 0 Å². The first-order valence-electron chi connectivity index (χ1n) is 9.43. The lowest BCUT2D eigenvalue weighted by atomic mass is 10.0. The highest BCUT2D eigenvalue weighted by Gasteiger charge is 2.25. The van der Waals surface area contributed by atoms with Crippen LogP contribution >= 0.6 is 0 Å². The molecule has 0 N–H and O–H groups in total. The van der Waals surface area contributed by atoms with Gasteiger partial charge in [0.2, 0.25) is 0 Å². The largest absolute Gasteiger partial charge is 0.310 e. The zero-order valence-electron chi connectivity index (χ0n) is 15.4. The lowest BCUT2D eigenvalue weighted by molar-refractivity contribution is 1.24. The van der Waals surface area contributed by atoms with Crippen LogP contribution in [0.2, 0.25) is 0 Å². The van der Waals surface area contributed by atoms with Crippen LogP contribution in [0, 0.1) is 6.92 Å². The first-order chi connectivity index (χ1) is 13.3. The van der Waals surface area contributed by atoms with Gasteiger partial charge in [-0.2, -0.15) is 0 Å². The van der Waals surface area contributed by atoms with E-state index < -0.39 is 0 Å². The molecule has 0 unspecified atom stereocenters. The Balaban J connectivity index is 1.76. The van der Waals surface area contributed by atoms with Crippen LogP contribution in [-0.4, -0.2) is 0 Å². The number of fused-ring (bicyclic) bond motifs is 3. The van der Waals surface area contributed by atoms with Gasteiger partial charge in [-0.3, -0.25) is 0 Å². The van der Waals surface area contributed by atoms with E-state index in [0.717, 1.165) is 6.42 Å². The van der Waals surface area contributed by atoms with Crippen molar-refractivity contribution in [2.45, 2.75) is 13.3 Å². The smallest absolute Gasteiger partial charge is 0.0543 e. The summed E-state index contributed by atoms with van der Waals surface area (Å²) in [6.07, 6.45) is 1.01. The summed E-state index contributed by atoms with van der Waals surface area (Å²) in [6, 6.07) is 34.8. The molecule has 0 bridgehead atoms. The summed E-state index contributed by atoms with van der Waals surface area (Å²) >= 11 is 0. The number of aryl methyl sites for hydroxylation is 1. The van der Waals surface area contributed by atoms with Crippen molar-refractivity contribution in [3.05, 3.63) is 114 Å². The molecule has 130 valence electrons. The van der Waals surface area contributed by atoms with Gasteiger partial charge in [0.1, 0.15) is 0 Å². The van der Waals surface area contributed by atoms with Gasteiger partial charge in [-0.1, -0.05) is 72.3 Å². The Morgan fingerprint density at radius 2 is 1.30 bits per heavy atom. The van der Waals surface area contributed by atoms with E-state index in [-0.39, 0.29) is 0 Å². The van der Waals surface area contributed by atoms with E-state index in [4.69, 9.17) is 0 Å². The van der Waals surface area contributed by atoms with Crippen molar-refractivity contribution in [3.63, 3.8) is 0 Å². The predicted octanol–water partition coefficient (Wildman–Crippen LogP) is 7.04. The summed E-state index contributed by atoms with van der Waals surface area (Å²) < 4.78 is 0. The van der Waals surface area contributed by atoms with Crippen LogP contribution in [0.3, 0.4) is 0 Å². The summed E-state index contributed by atoms with van der Waals surface area (Å²) in [5, 5.41) is 0. The van der Waals surface area contributed by atoms with Gasteiger partial charge >= 0.3 is 0 Å². The maximum Gasteiger partial charge on any atom is 0.0543 e. The van der Waals surface area contributed by atoms with Crippen molar-refractivity contribution in [3.8, 4) is 11.1 Å². The molecule has 5 rings (SSSR count). The van der Waals surface area contributed by atoms with Gasteiger partial charge in [0.05, 0.1) is 5.69 Å². The zero-order valence-corrected chi connectivity index (χ0v) is 15.4. The molecule has 0 heterocycles. The standard InChI is InChI=1S/C26H21N/c1-19-15-16-24-21(17-19)18-20-9-8-14-25(26(20)24)27(22-10-4-2-5-11-22)23-12-6-3-7-13-23/h2-17H,18H2,1H3. The summed E-state index contributed by atoms with van der Waals surface area (Å²) in [5.41, 5.74) is 10.5. The Labute approximate surface area is 160 Å². The van der Waals surface area contributed by atoms with Crippen LogP contribution in [0.25, 0.3) is 11.1 Å². The minimum Gasteiger partial charge on any atom is -0.310 e. The summed E-state index contributed by atoms with van der Waals surface area (Å²) in [6.45, 7) is 2.17. The molecule has 1 aliphatic carbocycles. The fourth-order valence-electron chi connectivity index (χ4n) is 4.13. The average Bonchev–Trinajstić information content (AvgIpc) is 3.08. The number of nitrogens with zero attached hydrogens (tertiary/aromatic N) is 1. The molecular formula is C26H21N. The monoisotopic (exact) mass is 347 g/mol. The zero-order chi connectivity index (χ0) is 18.2. The molecular weight excluding hydrogens is 326 g/mol. The van der Waals surface area contributed by atoms with Crippen molar-refractivity contribution in [2.24, 2.45) is 0 Å². The van der Waals surface area contributed by atoms with Crippen molar-refractivity contribution >= 4 is 17.1 Å². The summed E-state index contributed by atoms with van der Waals surface area (Å²) in [7, 11) is 0. The van der Waals surface area contributed by atoms with Crippen LogP contribution in [0.15, 0.2) is 97.1 Å². The van der Waals surface area contributed by atoms with Gasteiger partial charge in [-0.05, 0) is 60.4 Å². The average molecular weight is 347 g/mol. The molecule has 1 nitrogen and oxygen atoms in total. The molecule has 0 amide bonds. The Kier molecular flexibility index (Phi) is 3.79. The predicted molar refractivity (Wildman–Crippen MR) is 114 cm³/mol. The van der Waals surface area contributed by atoms with E-state index in [1.54, 1.807) is 0 Å². The lowest BCUT2D eigenvalue weighted by Gasteiger charge is -2.27. The number of hydrogen-bond acceptors (Lipinski definition) is 1. The van der Waals surface area contributed by atoms with Gasteiger partial charge in [-0.25, -0.2) is 0 Å². The minimum atomic E-state index is 1.01. The van der Waals surface area contributed by atoms with Gasteiger partial charge in [0, 0.05) is 16.9 Å². The number of para-hydroxylation sites is 2. The van der Waals surface area contributed by atoms with Crippen LogP contribution < -0.4 is 4.90 Å². The molecule has 0 saturated heterocycles. The number of benzene rings is 4. The van der Waals surface area contributed by atoms with Gasteiger partial charge in [0.15, 0.2) is 0 Å². The number of anilines is 3. The molecule has 1 aliphatic rings. The Bertz CT molecular complexity index is 1060. The second kappa shape index (κ2) is 6.44. The van der Waals surface area contributed by atoms with E-state index in [1.165, 1.54) is 44.9 Å². The van der Waals surface area contributed by atoms with Crippen molar-refractivity contribution < 1.29 is 0 Å². The Morgan fingerprint density at radius 3 is 1.96 bits per heavy atom. The highest BCUT2D eigenvalue weighted by Crippen LogP contribution is 2.47. The van der Waals surface area contributed by atoms with Crippen molar-refractivity contribution in [1.82, 2.24) is 0 Å². The van der Waals surface area contributed by atoms with Crippen molar-refractivity contribution in [1.29, 1.82) is 0 Å². The first-order valence-corrected chi connectivity index (χ1v) is 9.43. The maximum absolute atomic E-state index is 2.37. The van der Waals surface area contributed by atoms with Crippen LogP contribution in [0.1, 0.15) is 16.7 Å². The second-order valence-electron chi connectivity index (χ2n) is 7.16. The highest BCUT2D eigenvalue weighted by atomic mass is 15.1. The Morgan fingerprint density at radius 1 is 0.630 bits per heavy atom. The maximum atomic E-state index is 2.37. The van der Waals surface area contributed by atoms with E-state index in [1.807, 2.05) is 0 Å². The number of hydrogen-bond donors (Lipinski definition) is 0. The van der Waals surface area contributed by atoms with Gasteiger partial charge in [-0.15, -0.1) is 0 Å². The molecule has 1 heteroatoms. The fourth-order valence-corrected chi connectivity index (χ4v) is 4.13. The second-order valence-corrected chi connectivity index (χ2v) is 7.16. The van der Waals surface area contributed by atoms with Crippen LogP contribution in [0.4, 0.5) is 17.1 Å². The first kappa shape index (κ1) is 15.9. The van der Waals surface area contributed by atoms with E-state index >= 15 is 0 Å². The van der Waals surface area contributed by atoms with E-state index in [9.17, 15) is 0 Å². The van der Waals surface area contributed by atoms with Gasteiger partial charge < -0.3 is 4.90 Å². The summed E-state index contributed by atoms with van der Waals surface area (Å²) in [5.74, 6) is 0. The van der Waals surface area contributed by atoms with Crippen molar-refractivity contribution in [2.75, 3.05) is 4.90 Å². The van der Waals surface area contributed by atoms with E-state index in [2.05, 4.69) is 109 Å². The molecule has 0 atom stereocenters. The molecule has 0 saturated carbocycles. The van der Waals surface area contributed by atoms with Crippen LogP contribution in [0.5, 0.6) is 0 Å². The normalized spacial score (nSPS) is 11.7. The number of rotatable bonds is 3. The molecule has 0 aromatic heterocycles. The molecule has 0 aliphatic heterocycles. The SMILES string of the molecule is Cc1ccc2c(c1)Cc1cccc(N(c3ccccc3)c3ccccc3)c1-2. The molecule has 4 aromatic rings. The third kappa shape index (κ3) is 2.72. The third-order valence-electron chi connectivity index (χ3n) is 5.31. The van der Waals surface area contributed by atoms with E-state index in [0.29, 0.717) is 0 Å². The molecule has 0 fully saturated rings. The fraction of sp³-hybridized carbons (Fsp3) is 0.0769. The minimum absolute atomic E-state index is 1.01. The lowest BCUT2D eigenvalue weighted by Crippen LogP contribution is -2.11. The summed E-state index contributed by atoms with van der Waals surface area (Å²) in [4.78, 5) is 2.37. The topological polar surface area (TPSA) is 3.24 Å². The molecule has 4 aromatic carbocycles.